The van der Waals surface area contributed by atoms with Crippen molar-refractivity contribution in [3.05, 3.63) is 18.7 Å². The Morgan fingerprint density at radius 3 is 2.89 bits per heavy atom. The van der Waals surface area contributed by atoms with Crippen LogP contribution in [0.4, 0.5) is 0 Å². The first-order chi connectivity index (χ1) is 9.28. The van der Waals surface area contributed by atoms with Crippen molar-refractivity contribution in [2.45, 2.75) is 57.2 Å². The van der Waals surface area contributed by atoms with Crippen molar-refractivity contribution < 1.29 is 0 Å². The number of hydrogen-bond donors (Lipinski definition) is 1. The first kappa shape index (κ1) is 13.1. The van der Waals surface area contributed by atoms with Gasteiger partial charge in [0.25, 0.3) is 0 Å². The minimum atomic E-state index is 0.474. The van der Waals surface area contributed by atoms with Crippen molar-refractivity contribution in [3.63, 3.8) is 0 Å². The molecule has 0 radical (unpaired) electrons. The number of piperazine rings is 1. The number of hydrogen-bond acceptors (Lipinski definition) is 3. The second kappa shape index (κ2) is 5.63. The van der Waals surface area contributed by atoms with E-state index in [1.165, 1.54) is 51.7 Å². The van der Waals surface area contributed by atoms with Gasteiger partial charge < -0.3 is 9.88 Å². The third-order valence-electron chi connectivity index (χ3n) is 4.88. The Labute approximate surface area is 116 Å². The van der Waals surface area contributed by atoms with Gasteiger partial charge in [0.05, 0.1) is 6.33 Å². The lowest BCUT2D eigenvalue weighted by Gasteiger charge is -2.48. The summed E-state index contributed by atoms with van der Waals surface area (Å²) in [4.78, 5) is 6.89. The number of imidazole rings is 1. The summed E-state index contributed by atoms with van der Waals surface area (Å²) in [5, 5.41) is 3.69. The molecule has 4 heteroatoms. The lowest BCUT2D eigenvalue weighted by Crippen LogP contribution is -2.63. The molecule has 106 valence electrons. The maximum absolute atomic E-state index is 4.11. The summed E-state index contributed by atoms with van der Waals surface area (Å²) in [6.07, 6.45) is 12.7. The van der Waals surface area contributed by atoms with Crippen LogP contribution < -0.4 is 5.32 Å². The van der Waals surface area contributed by atoms with Gasteiger partial charge in [-0.25, -0.2) is 4.98 Å². The molecule has 1 aliphatic carbocycles. The summed E-state index contributed by atoms with van der Waals surface area (Å²) >= 11 is 0. The van der Waals surface area contributed by atoms with Crippen LogP contribution in [0.5, 0.6) is 0 Å². The normalized spacial score (nSPS) is 27.1. The highest BCUT2D eigenvalue weighted by Gasteiger charge is 2.42. The summed E-state index contributed by atoms with van der Waals surface area (Å²) in [7, 11) is 0. The Bertz CT molecular complexity index is 381. The van der Waals surface area contributed by atoms with Gasteiger partial charge in [-0.1, -0.05) is 12.8 Å². The van der Waals surface area contributed by atoms with Crippen LogP contribution in [-0.4, -0.2) is 45.7 Å². The monoisotopic (exact) mass is 262 g/mol. The van der Waals surface area contributed by atoms with Crippen molar-refractivity contribution in [2.24, 2.45) is 0 Å². The number of rotatable bonds is 4. The molecule has 1 saturated heterocycles. The molecule has 1 aromatic heterocycles. The first-order valence-electron chi connectivity index (χ1n) is 7.73. The molecule has 2 fully saturated rings. The molecule has 1 N–H and O–H groups in total. The largest absolute Gasteiger partial charge is 0.337 e. The van der Waals surface area contributed by atoms with Crippen LogP contribution in [0.2, 0.25) is 0 Å². The van der Waals surface area contributed by atoms with Crippen molar-refractivity contribution in [1.82, 2.24) is 19.8 Å². The summed E-state index contributed by atoms with van der Waals surface area (Å²) < 4.78 is 2.19. The van der Waals surface area contributed by atoms with Crippen LogP contribution in [0.25, 0.3) is 0 Å². The number of aromatic nitrogens is 2. The van der Waals surface area contributed by atoms with Crippen LogP contribution in [0, 0.1) is 0 Å². The molecule has 4 nitrogen and oxygen atoms in total. The fourth-order valence-electron chi connectivity index (χ4n) is 3.78. The van der Waals surface area contributed by atoms with Crippen LogP contribution in [0.1, 0.15) is 39.0 Å². The molecule has 1 unspecified atom stereocenters. The van der Waals surface area contributed by atoms with Gasteiger partial charge >= 0.3 is 0 Å². The summed E-state index contributed by atoms with van der Waals surface area (Å²) in [5.41, 5.74) is 0.474. The van der Waals surface area contributed by atoms with E-state index in [2.05, 4.69) is 32.9 Å². The second-order valence-electron chi connectivity index (χ2n) is 6.31. The van der Waals surface area contributed by atoms with Crippen molar-refractivity contribution in [1.29, 1.82) is 0 Å². The van der Waals surface area contributed by atoms with Crippen LogP contribution >= 0.6 is 0 Å². The van der Waals surface area contributed by atoms with E-state index in [0.29, 0.717) is 11.6 Å². The van der Waals surface area contributed by atoms with E-state index in [1.54, 1.807) is 0 Å². The smallest absolute Gasteiger partial charge is 0.0945 e. The van der Waals surface area contributed by atoms with Crippen LogP contribution in [0.15, 0.2) is 18.7 Å². The Balaban J connectivity index is 1.56. The zero-order chi connectivity index (χ0) is 13.1. The topological polar surface area (TPSA) is 33.1 Å². The molecule has 19 heavy (non-hydrogen) atoms. The third kappa shape index (κ3) is 2.84. The first-order valence-corrected chi connectivity index (χ1v) is 7.73. The molecule has 2 heterocycles. The van der Waals surface area contributed by atoms with Crippen LogP contribution in [-0.2, 0) is 6.54 Å². The number of aryl methyl sites for hydroxylation is 1. The molecule has 1 aromatic rings. The lowest BCUT2D eigenvalue weighted by molar-refractivity contribution is 0.0446. The minimum Gasteiger partial charge on any atom is -0.337 e. The van der Waals surface area contributed by atoms with Crippen molar-refractivity contribution in [2.75, 3.05) is 19.6 Å². The predicted molar refractivity (Wildman–Crippen MR) is 77.1 cm³/mol. The minimum absolute atomic E-state index is 0.474. The molecule has 2 aliphatic rings. The maximum atomic E-state index is 4.11. The highest BCUT2D eigenvalue weighted by Crippen LogP contribution is 2.36. The second-order valence-corrected chi connectivity index (χ2v) is 6.31. The Morgan fingerprint density at radius 2 is 2.16 bits per heavy atom. The molecule has 0 amide bonds. The van der Waals surface area contributed by atoms with Crippen LogP contribution in [0.3, 0.4) is 0 Å². The average molecular weight is 262 g/mol. The highest BCUT2D eigenvalue weighted by atomic mass is 15.3. The van der Waals surface area contributed by atoms with E-state index in [9.17, 15) is 0 Å². The average Bonchev–Trinajstić information content (AvgIpc) is 3.06. The quantitative estimate of drug-likeness (QED) is 0.899. The van der Waals surface area contributed by atoms with Crippen molar-refractivity contribution in [3.8, 4) is 0 Å². The molecule has 1 spiro atoms. The SMILES string of the molecule is CC1CN(CCCn2ccnc2)C2(CCCC2)CN1. The van der Waals surface area contributed by atoms with Gasteiger partial charge in [0, 0.05) is 50.2 Å². The summed E-state index contributed by atoms with van der Waals surface area (Å²) in [6.45, 7) is 7.03. The highest BCUT2D eigenvalue weighted by molar-refractivity contribution is 5.01. The van der Waals surface area contributed by atoms with Gasteiger partial charge in [-0.05, 0) is 26.2 Å². The van der Waals surface area contributed by atoms with Gasteiger partial charge in [-0.2, -0.15) is 0 Å². The maximum Gasteiger partial charge on any atom is 0.0945 e. The summed E-state index contributed by atoms with van der Waals surface area (Å²) in [5.74, 6) is 0. The van der Waals surface area contributed by atoms with E-state index in [4.69, 9.17) is 0 Å². The van der Waals surface area contributed by atoms with E-state index in [0.717, 1.165) is 6.54 Å². The van der Waals surface area contributed by atoms with Gasteiger partial charge in [-0.15, -0.1) is 0 Å². The standard InChI is InChI=1S/C15H26N4/c1-14-11-19(9-4-8-18-10-7-16-13-18)15(12-17-14)5-2-3-6-15/h7,10,13-14,17H,2-6,8-9,11-12H2,1H3. The van der Waals surface area contributed by atoms with Gasteiger partial charge in [0.2, 0.25) is 0 Å². The van der Waals surface area contributed by atoms with Gasteiger partial charge in [0.1, 0.15) is 0 Å². The predicted octanol–water partition coefficient (Wildman–Crippen LogP) is 1.88. The Kier molecular flexibility index (Phi) is 3.89. The third-order valence-corrected chi connectivity index (χ3v) is 4.88. The van der Waals surface area contributed by atoms with Gasteiger partial charge in [-0.3, -0.25) is 4.90 Å². The lowest BCUT2D eigenvalue weighted by atomic mass is 9.91. The molecule has 1 atom stereocenters. The summed E-state index contributed by atoms with van der Waals surface area (Å²) in [6, 6.07) is 0.638. The zero-order valence-electron chi connectivity index (χ0n) is 12.0. The number of nitrogens with zero attached hydrogens (tertiary/aromatic N) is 3. The van der Waals surface area contributed by atoms with Crippen molar-refractivity contribution >= 4 is 0 Å². The molecule has 0 bridgehead atoms. The molecular weight excluding hydrogens is 236 g/mol. The number of nitrogens with one attached hydrogen (secondary N) is 1. The van der Waals surface area contributed by atoms with E-state index in [1.807, 2.05) is 12.5 Å². The molecular formula is C15H26N4. The van der Waals surface area contributed by atoms with E-state index >= 15 is 0 Å². The molecule has 1 saturated carbocycles. The van der Waals surface area contributed by atoms with Gasteiger partial charge in [0.15, 0.2) is 0 Å². The molecule has 0 aromatic carbocycles. The fourth-order valence-corrected chi connectivity index (χ4v) is 3.78. The molecule has 3 rings (SSSR count). The van der Waals surface area contributed by atoms with E-state index in [-0.39, 0.29) is 0 Å². The van der Waals surface area contributed by atoms with E-state index < -0.39 is 0 Å². The zero-order valence-corrected chi connectivity index (χ0v) is 12.0. The molecule has 1 aliphatic heterocycles. The fraction of sp³-hybridized carbons (Fsp3) is 0.800. The Hall–Kier alpha value is -0.870. The Morgan fingerprint density at radius 1 is 1.32 bits per heavy atom.